The van der Waals surface area contributed by atoms with E-state index in [9.17, 15) is 9.59 Å². The van der Waals surface area contributed by atoms with Gasteiger partial charge in [-0.2, -0.15) is 0 Å². The zero-order chi connectivity index (χ0) is 21.5. The lowest BCUT2D eigenvalue weighted by Gasteiger charge is -2.36. The number of nitrogens with two attached hydrogens (primary N) is 1. The zero-order valence-corrected chi connectivity index (χ0v) is 17.2. The number of carbonyl (C=O) groups excluding carboxylic acids is 2. The van der Waals surface area contributed by atoms with Gasteiger partial charge in [-0.05, 0) is 17.7 Å². The van der Waals surface area contributed by atoms with Gasteiger partial charge in [0, 0.05) is 37.9 Å². The lowest BCUT2D eigenvalue weighted by molar-refractivity contribution is -0.133. The smallest absolute Gasteiger partial charge is 0.405 e. The van der Waals surface area contributed by atoms with Crippen LogP contribution in [0.5, 0.6) is 11.5 Å². The average Bonchev–Trinajstić information content (AvgIpc) is 2.78. The van der Waals surface area contributed by atoms with E-state index in [0.29, 0.717) is 37.7 Å². The molecule has 0 saturated carbocycles. The minimum Gasteiger partial charge on any atom is -0.493 e. The molecule has 0 radical (unpaired) electrons. The zero-order valence-electron chi connectivity index (χ0n) is 17.2. The van der Waals surface area contributed by atoms with Crippen molar-refractivity contribution in [1.82, 2.24) is 4.90 Å². The first kappa shape index (κ1) is 21.3. The minimum atomic E-state index is -0.894. The number of carbonyl (C=O) groups is 2. The van der Waals surface area contributed by atoms with Gasteiger partial charge in [0.05, 0.1) is 20.6 Å². The number of primary amides is 1. The Morgan fingerprint density at radius 1 is 0.967 bits per heavy atom. The second-order valence-electron chi connectivity index (χ2n) is 6.95. The summed E-state index contributed by atoms with van der Waals surface area (Å²) in [5, 5.41) is 0. The number of ether oxygens (including phenoxy) is 3. The number of hydrogen-bond donors (Lipinski definition) is 1. The highest BCUT2D eigenvalue weighted by Gasteiger charge is 2.26. The van der Waals surface area contributed by atoms with Crippen molar-refractivity contribution in [2.24, 2.45) is 5.73 Å². The summed E-state index contributed by atoms with van der Waals surface area (Å²) in [6, 6.07) is 14.9. The highest BCUT2D eigenvalue weighted by molar-refractivity contribution is 5.78. The van der Waals surface area contributed by atoms with E-state index in [4.69, 9.17) is 19.9 Å². The van der Waals surface area contributed by atoms with Gasteiger partial charge in [-0.3, -0.25) is 4.79 Å². The van der Waals surface area contributed by atoms with E-state index in [1.165, 1.54) is 0 Å². The molecule has 2 N–H and O–H groups in total. The topological polar surface area (TPSA) is 94.3 Å². The molecule has 3 rings (SSSR count). The molecule has 160 valence electrons. The van der Waals surface area contributed by atoms with E-state index in [1.54, 1.807) is 19.1 Å². The van der Waals surface area contributed by atoms with Crippen LogP contribution in [0, 0.1) is 0 Å². The summed E-state index contributed by atoms with van der Waals surface area (Å²) in [5.41, 5.74) is 6.96. The number of nitrogens with zero attached hydrogens (tertiary/aromatic N) is 2. The van der Waals surface area contributed by atoms with Crippen molar-refractivity contribution in [1.29, 1.82) is 0 Å². The Balaban J connectivity index is 1.61. The molecule has 30 heavy (non-hydrogen) atoms. The standard InChI is InChI=1S/C22H27N3O5/c1-28-18-9-8-17(14-20(18)29-2)24-10-12-25(13-11-24)21(26)15-19(30-22(23)27)16-6-4-3-5-7-16/h3-9,14,19H,10-13,15H2,1-2H3,(H2,23,27). The van der Waals surface area contributed by atoms with Crippen LogP contribution in [0.4, 0.5) is 10.5 Å². The number of benzene rings is 2. The van der Waals surface area contributed by atoms with Crippen LogP contribution in [0.15, 0.2) is 48.5 Å². The van der Waals surface area contributed by atoms with Crippen LogP contribution in [0.2, 0.25) is 0 Å². The molecule has 1 fully saturated rings. The molecule has 0 aromatic heterocycles. The molecule has 1 aliphatic rings. The molecule has 8 nitrogen and oxygen atoms in total. The molecular weight excluding hydrogens is 386 g/mol. The van der Waals surface area contributed by atoms with E-state index in [2.05, 4.69) is 4.90 Å². The maximum atomic E-state index is 12.8. The van der Waals surface area contributed by atoms with Crippen molar-refractivity contribution in [3.63, 3.8) is 0 Å². The Kier molecular flexibility index (Phi) is 7.00. The molecule has 0 aliphatic carbocycles. The Morgan fingerprint density at radius 2 is 1.63 bits per heavy atom. The van der Waals surface area contributed by atoms with Crippen LogP contribution in [0.25, 0.3) is 0 Å². The van der Waals surface area contributed by atoms with Crippen molar-refractivity contribution in [3.05, 3.63) is 54.1 Å². The number of amides is 2. The van der Waals surface area contributed by atoms with Crippen molar-refractivity contribution in [2.45, 2.75) is 12.5 Å². The van der Waals surface area contributed by atoms with Gasteiger partial charge in [-0.25, -0.2) is 4.79 Å². The Labute approximate surface area is 176 Å². The van der Waals surface area contributed by atoms with Gasteiger partial charge in [0.25, 0.3) is 0 Å². The Bertz CT molecular complexity index is 866. The maximum Gasteiger partial charge on any atom is 0.405 e. The summed E-state index contributed by atoms with van der Waals surface area (Å²) in [5.74, 6) is 1.27. The van der Waals surface area contributed by atoms with Gasteiger partial charge < -0.3 is 29.7 Å². The molecule has 2 aromatic carbocycles. The highest BCUT2D eigenvalue weighted by atomic mass is 16.6. The normalized spacial score (nSPS) is 14.7. The summed E-state index contributed by atoms with van der Waals surface area (Å²) in [4.78, 5) is 28.1. The third-order valence-corrected chi connectivity index (χ3v) is 5.15. The Morgan fingerprint density at radius 3 is 2.23 bits per heavy atom. The molecule has 1 unspecified atom stereocenters. The van der Waals surface area contributed by atoms with Gasteiger partial charge in [-0.15, -0.1) is 0 Å². The second kappa shape index (κ2) is 9.87. The van der Waals surface area contributed by atoms with E-state index in [1.807, 2.05) is 48.5 Å². The molecule has 1 aliphatic heterocycles. The number of hydrogen-bond acceptors (Lipinski definition) is 6. The third kappa shape index (κ3) is 5.14. The summed E-state index contributed by atoms with van der Waals surface area (Å²) in [6.07, 6.45) is -1.53. The molecule has 0 bridgehead atoms. The molecule has 1 atom stereocenters. The molecule has 8 heteroatoms. The lowest BCUT2D eigenvalue weighted by atomic mass is 10.1. The predicted molar refractivity (Wildman–Crippen MR) is 113 cm³/mol. The van der Waals surface area contributed by atoms with E-state index < -0.39 is 12.2 Å². The first-order chi connectivity index (χ1) is 14.5. The minimum absolute atomic E-state index is 0.0588. The fraction of sp³-hybridized carbons (Fsp3) is 0.364. The average molecular weight is 413 g/mol. The lowest BCUT2D eigenvalue weighted by Crippen LogP contribution is -2.49. The summed E-state index contributed by atoms with van der Waals surface area (Å²) in [7, 11) is 3.21. The summed E-state index contributed by atoms with van der Waals surface area (Å²) >= 11 is 0. The quantitative estimate of drug-likeness (QED) is 0.750. The number of anilines is 1. The van der Waals surface area contributed by atoms with Crippen molar-refractivity contribution < 1.29 is 23.8 Å². The second-order valence-corrected chi connectivity index (χ2v) is 6.95. The van der Waals surface area contributed by atoms with Crippen LogP contribution in [-0.2, 0) is 9.53 Å². The molecule has 1 saturated heterocycles. The van der Waals surface area contributed by atoms with E-state index in [-0.39, 0.29) is 12.3 Å². The van der Waals surface area contributed by atoms with Gasteiger partial charge in [0.15, 0.2) is 11.5 Å². The fourth-order valence-electron chi connectivity index (χ4n) is 3.56. The Hall–Kier alpha value is -3.42. The predicted octanol–water partition coefficient (Wildman–Crippen LogP) is 2.58. The number of methoxy groups -OCH3 is 2. The number of rotatable bonds is 7. The van der Waals surface area contributed by atoms with E-state index >= 15 is 0 Å². The molecule has 0 spiro atoms. The summed E-state index contributed by atoms with van der Waals surface area (Å²) < 4.78 is 15.9. The van der Waals surface area contributed by atoms with Crippen molar-refractivity contribution in [3.8, 4) is 11.5 Å². The fourth-order valence-corrected chi connectivity index (χ4v) is 3.56. The van der Waals surface area contributed by atoms with Crippen LogP contribution < -0.4 is 20.1 Å². The monoisotopic (exact) mass is 413 g/mol. The van der Waals surface area contributed by atoms with Crippen LogP contribution in [0.3, 0.4) is 0 Å². The summed E-state index contributed by atoms with van der Waals surface area (Å²) in [6.45, 7) is 2.53. The first-order valence-corrected chi connectivity index (χ1v) is 9.77. The van der Waals surface area contributed by atoms with E-state index in [0.717, 1.165) is 11.3 Å². The largest absolute Gasteiger partial charge is 0.493 e. The molecule has 2 amide bonds. The van der Waals surface area contributed by atoms with Crippen molar-refractivity contribution in [2.75, 3.05) is 45.3 Å². The molecule has 2 aromatic rings. The number of piperazine rings is 1. The van der Waals surface area contributed by atoms with Crippen molar-refractivity contribution >= 4 is 17.7 Å². The molecular formula is C22H27N3O5. The SMILES string of the molecule is COc1ccc(N2CCN(C(=O)CC(OC(N)=O)c3ccccc3)CC2)cc1OC. The molecule has 1 heterocycles. The van der Waals surface area contributed by atoms with Gasteiger partial charge in [0.2, 0.25) is 5.91 Å². The van der Waals surface area contributed by atoms with Gasteiger partial charge >= 0.3 is 6.09 Å². The first-order valence-electron chi connectivity index (χ1n) is 9.77. The maximum absolute atomic E-state index is 12.8. The van der Waals surface area contributed by atoms with Crippen LogP contribution in [-0.4, -0.2) is 57.3 Å². The highest BCUT2D eigenvalue weighted by Crippen LogP contribution is 2.32. The van der Waals surface area contributed by atoms with Crippen LogP contribution in [0.1, 0.15) is 18.1 Å². The van der Waals surface area contributed by atoms with Gasteiger partial charge in [0.1, 0.15) is 6.10 Å². The van der Waals surface area contributed by atoms with Gasteiger partial charge in [-0.1, -0.05) is 30.3 Å². The van der Waals surface area contributed by atoms with Crippen LogP contribution >= 0.6 is 0 Å². The third-order valence-electron chi connectivity index (χ3n) is 5.15.